The maximum Gasteiger partial charge on any atom is 0.0641 e. The highest BCUT2D eigenvalue weighted by Gasteiger charge is 2.22. The minimum Gasteiger partial charge on any atom is -0.275 e. The normalized spacial score (nSPS) is 19.2. The maximum absolute atomic E-state index is 5.67. The third-order valence-electron chi connectivity index (χ3n) is 3.67. The molecule has 2 rings (SSSR count). The number of rotatable bonds is 4. The Morgan fingerprint density at radius 3 is 2.75 bits per heavy atom. The summed E-state index contributed by atoms with van der Waals surface area (Å²) in [5.74, 6) is 6.51. The summed E-state index contributed by atoms with van der Waals surface area (Å²) in [5.41, 5.74) is 5.28. The first-order valence-corrected chi connectivity index (χ1v) is 6.17. The Morgan fingerprint density at radius 1 is 1.56 bits per heavy atom. The minimum absolute atomic E-state index is 0.261. The molecule has 0 saturated heterocycles. The van der Waals surface area contributed by atoms with E-state index in [1.807, 2.05) is 18.7 Å². The van der Waals surface area contributed by atoms with Gasteiger partial charge >= 0.3 is 0 Å². The van der Waals surface area contributed by atoms with Crippen LogP contribution in [0.3, 0.4) is 0 Å². The zero-order valence-corrected chi connectivity index (χ0v) is 10.2. The number of nitrogens with one attached hydrogen (secondary N) is 1. The third-order valence-corrected chi connectivity index (χ3v) is 3.67. The van der Waals surface area contributed by atoms with Gasteiger partial charge in [-0.3, -0.25) is 16.0 Å². The predicted octanol–water partition coefficient (Wildman–Crippen LogP) is 1.81. The first kappa shape index (κ1) is 11.6. The fraction of sp³-hybridized carbons (Fsp3) is 0.750. The number of hydrogen-bond donors (Lipinski definition) is 2. The SMILES string of the molecule is Cc1nn(C)cc1C(CC1CCCC1)NN. The summed E-state index contributed by atoms with van der Waals surface area (Å²) in [6.07, 6.45) is 8.70. The van der Waals surface area contributed by atoms with Crippen LogP contribution in [0.5, 0.6) is 0 Å². The standard InChI is InChI=1S/C12H22N4/c1-9-11(8-16(2)15-9)12(14-13)7-10-5-3-4-6-10/h8,10,12,14H,3-7,13H2,1-2H3. The molecule has 3 N–H and O–H groups in total. The molecule has 0 aromatic carbocycles. The molecule has 0 spiro atoms. The van der Waals surface area contributed by atoms with Crippen molar-refractivity contribution < 1.29 is 0 Å². The van der Waals surface area contributed by atoms with Crippen LogP contribution in [0.4, 0.5) is 0 Å². The van der Waals surface area contributed by atoms with Crippen molar-refractivity contribution in [2.45, 2.75) is 45.1 Å². The Balaban J connectivity index is 2.06. The molecule has 0 aliphatic heterocycles. The summed E-state index contributed by atoms with van der Waals surface area (Å²) in [5, 5.41) is 4.38. The van der Waals surface area contributed by atoms with Crippen LogP contribution in [0.25, 0.3) is 0 Å². The topological polar surface area (TPSA) is 55.9 Å². The summed E-state index contributed by atoms with van der Waals surface area (Å²) in [6.45, 7) is 2.05. The zero-order chi connectivity index (χ0) is 11.5. The van der Waals surface area contributed by atoms with Crippen LogP contribution in [-0.2, 0) is 7.05 Å². The quantitative estimate of drug-likeness (QED) is 0.603. The molecule has 1 saturated carbocycles. The van der Waals surface area contributed by atoms with Gasteiger partial charge in [0.05, 0.1) is 5.69 Å². The van der Waals surface area contributed by atoms with Gasteiger partial charge < -0.3 is 0 Å². The van der Waals surface area contributed by atoms with Gasteiger partial charge in [0.25, 0.3) is 0 Å². The van der Waals surface area contributed by atoms with Gasteiger partial charge in [0.2, 0.25) is 0 Å². The average molecular weight is 222 g/mol. The molecular weight excluding hydrogens is 200 g/mol. The largest absolute Gasteiger partial charge is 0.275 e. The lowest BCUT2D eigenvalue weighted by Crippen LogP contribution is -2.29. The Hall–Kier alpha value is -0.870. The molecule has 1 aliphatic rings. The van der Waals surface area contributed by atoms with Crippen molar-refractivity contribution in [1.29, 1.82) is 0 Å². The number of aryl methyl sites for hydroxylation is 2. The fourth-order valence-electron chi connectivity index (χ4n) is 2.82. The van der Waals surface area contributed by atoms with E-state index in [1.54, 1.807) is 0 Å². The molecule has 1 heterocycles. The van der Waals surface area contributed by atoms with Gasteiger partial charge in [-0.05, 0) is 19.3 Å². The van der Waals surface area contributed by atoms with Crippen LogP contribution >= 0.6 is 0 Å². The molecule has 1 atom stereocenters. The van der Waals surface area contributed by atoms with Crippen molar-refractivity contribution in [3.8, 4) is 0 Å². The Kier molecular flexibility index (Phi) is 3.61. The van der Waals surface area contributed by atoms with Crippen molar-refractivity contribution in [3.05, 3.63) is 17.5 Å². The number of aromatic nitrogens is 2. The minimum atomic E-state index is 0.261. The second kappa shape index (κ2) is 4.97. The van der Waals surface area contributed by atoms with Crippen LogP contribution < -0.4 is 11.3 Å². The van der Waals surface area contributed by atoms with E-state index in [9.17, 15) is 0 Å². The molecule has 1 aromatic rings. The molecule has 4 nitrogen and oxygen atoms in total. The summed E-state index contributed by atoms with van der Waals surface area (Å²) >= 11 is 0. The van der Waals surface area contributed by atoms with Gasteiger partial charge in [-0.15, -0.1) is 0 Å². The van der Waals surface area contributed by atoms with E-state index >= 15 is 0 Å². The molecule has 0 radical (unpaired) electrons. The number of nitrogens with zero attached hydrogens (tertiary/aromatic N) is 2. The lowest BCUT2D eigenvalue weighted by Gasteiger charge is -2.19. The summed E-state index contributed by atoms with van der Waals surface area (Å²) in [6, 6.07) is 0.261. The van der Waals surface area contributed by atoms with Crippen LogP contribution in [-0.4, -0.2) is 9.78 Å². The lowest BCUT2D eigenvalue weighted by atomic mass is 9.94. The van der Waals surface area contributed by atoms with E-state index in [0.29, 0.717) is 0 Å². The van der Waals surface area contributed by atoms with Gasteiger partial charge in [-0.25, -0.2) is 0 Å². The van der Waals surface area contributed by atoms with Crippen molar-refractivity contribution in [1.82, 2.24) is 15.2 Å². The van der Waals surface area contributed by atoms with Crippen molar-refractivity contribution in [2.24, 2.45) is 18.8 Å². The van der Waals surface area contributed by atoms with E-state index in [2.05, 4.69) is 16.7 Å². The fourth-order valence-corrected chi connectivity index (χ4v) is 2.82. The average Bonchev–Trinajstić information content (AvgIpc) is 2.85. The monoisotopic (exact) mass is 222 g/mol. The highest BCUT2D eigenvalue weighted by Crippen LogP contribution is 2.33. The number of nitrogens with two attached hydrogens (primary N) is 1. The molecule has 16 heavy (non-hydrogen) atoms. The van der Waals surface area contributed by atoms with E-state index in [4.69, 9.17) is 5.84 Å². The van der Waals surface area contributed by atoms with Crippen molar-refractivity contribution in [3.63, 3.8) is 0 Å². The molecule has 0 bridgehead atoms. The zero-order valence-electron chi connectivity index (χ0n) is 10.2. The molecule has 0 amide bonds. The van der Waals surface area contributed by atoms with E-state index in [-0.39, 0.29) is 6.04 Å². The first-order chi connectivity index (χ1) is 7.70. The summed E-state index contributed by atoms with van der Waals surface area (Å²) < 4.78 is 1.86. The van der Waals surface area contributed by atoms with Gasteiger partial charge in [0, 0.05) is 24.8 Å². The molecule has 1 fully saturated rings. The third kappa shape index (κ3) is 2.44. The molecule has 1 aliphatic carbocycles. The van der Waals surface area contributed by atoms with Gasteiger partial charge in [0.15, 0.2) is 0 Å². The Labute approximate surface area is 97.2 Å². The Bertz CT molecular complexity index is 339. The summed E-state index contributed by atoms with van der Waals surface area (Å²) in [4.78, 5) is 0. The van der Waals surface area contributed by atoms with Crippen LogP contribution in [0.15, 0.2) is 6.20 Å². The number of hydrazine groups is 1. The first-order valence-electron chi connectivity index (χ1n) is 6.17. The second-order valence-electron chi connectivity index (χ2n) is 4.95. The van der Waals surface area contributed by atoms with Gasteiger partial charge in [-0.1, -0.05) is 25.7 Å². The molecule has 4 heteroatoms. The van der Waals surface area contributed by atoms with Crippen LogP contribution in [0, 0.1) is 12.8 Å². The smallest absolute Gasteiger partial charge is 0.0641 e. The van der Waals surface area contributed by atoms with Gasteiger partial charge in [0.1, 0.15) is 0 Å². The highest BCUT2D eigenvalue weighted by atomic mass is 15.3. The number of hydrogen-bond acceptors (Lipinski definition) is 3. The molecule has 1 aromatic heterocycles. The van der Waals surface area contributed by atoms with E-state index in [0.717, 1.165) is 18.0 Å². The second-order valence-corrected chi connectivity index (χ2v) is 4.95. The van der Waals surface area contributed by atoms with Crippen LogP contribution in [0.1, 0.15) is 49.4 Å². The van der Waals surface area contributed by atoms with E-state index < -0.39 is 0 Å². The van der Waals surface area contributed by atoms with E-state index in [1.165, 1.54) is 31.2 Å². The van der Waals surface area contributed by atoms with Crippen LogP contribution in [0.2, 0.25) is 0 Å². The predicted molar refractivity (Wildman–Crippen MR) is 64.6 cm³/mol. The molecular formula is C12H22N4. The highest BCUT2D eigenvalue weighted by molar-refractivity contribution is 5.20. The molecule has 1 unspecified atom stereocenters. The van der Waals surface area contributed by atoms with Crippen molar-refractivity contribution >= 4 is 0 Å². The lowest BCUT2D eigenvalue weighted by molar-refractivity contribution is 0.399. The molecule has 90 valence electrons. The summed E-state index contributed by atoms with van der Waals surface area (Å²) in [7, 11) is 1.96. The maximum atomic E-state index is 5.67. The van der Waals surface area contributed by atoms with Crippen molar-refractivity contribution in [2.75, 3.05) is 0 Å². The Morgan fingerprint density at radius 2 is 2.25 bits per heavy atom. The van der Waals surface area contributed by atoms with Gasteiger partial charge in [-0.2, -0.15) is 5.10 Å².